The van der Waals surface area contributed by atoms with E-state index in [0.717, 1.165) is 17.9 Å². The van der Waals surface area contributed by atoms with Gasteiger partial charge in [-0.1, -0.05) is 46.3 Å². The summed E-state index contributed by atoms with van der Waals surface area (Å²) >= 11 is 0. The Bertz CT molecular complexity index is 817. The number of aliphatic hydroxyl groups excluding tert-OH is 3. The summed E-state index contributed by atoms with van der Waals surface area (Å²) in [5.74, 6) is 2.38. The molecule has 0 heterocycles. The zero-order valence-corrected chi connectivity index (χ0v) is 22.2. The summed E-state index contributed by atoms with van der Waals surface area (Å²) in [6.07, 6.45) is 13.8. The second-order valence-electron chi connectivity index (χ2n) is 14.4. The van der Waals surface area contributed by atoms with E-state index in [1.807, 2.05) is 13.0 Å². The van der Waals surface area contributed by atoms with Crippen LogP contribution in [-0.4, -0.2) is 34.1 Å². The predicted octanol–water partition coefficient (Wildman–Crippen LogP) is 6.11. The van der Waals surface area contributed by atoms with E-state index < -0.39 is 0 Å². The fourth-order valence-corrected chi connectivity index (χ4v) is 11.1. The van der Waals surface area contributed by atoms with Crippen molar-refractivity contribution in [2.24, 2.45) is 50.7 Å². The average Bonchev–Trinajstić information content (AvgIpc) is 3.37. The van der Waals surface area contributed by atoms with Gasteiger partial charge >= 0.3 is 0 Å². The lowest BCUT2D eigenvalue weighted by molar-refractivity contribution is -0.163. The molecule has 10 atom stereocenters. The highest BCUT2D eigenvalue weighted by molar-refractivity contribution is 5.30. The van der Waals surface area contributed by atoms with Crippen molar-refractivity contribution in [2.45, 2.75) is 118 Å². The van der Waals surface area contributed by atoms with Gasteiger partial charge in [-0.2, -0.15) is 0 Å². The molecule has 0 bridgehead atoms. The molecule has 5 rings (SSSR count). The summed E-state index contributed by atoms with van der Waals surface area (Å²) in [4.78, 5) is 0. The minimum Gasteiger partial charge on any atom is -0.393 e. The molecule has 5 saturated carbocycles. The number of aliphatic hydroxyl groups is 3. The zero-order chi connectivity index (χ0) is 24.0. The third-order valence-corrected chi connectivity index (χ3v) is 13.4. The molecule has 0 radical (unpaired) electrons. The zero-order valence-electron chi connectivity index (χ0n) is 22.2. The first kappa shape index (κ1) is 24.3. The molecule has 2 spiro atoms. The first-order valence-electron chi connectivity index (χ1n) is 14.0. The van der Waals surface area contributed by atoms with Gasteiger partial charge in [0.05, 0.1) is 18.8 Å². The molecule has 0 aliphatic heterocycles. The Hall–Kier alpha value is -0.380. The molecule has 3 heteroatoms. The van der Waals surface area contributed by atoms with E-state index in [9.17, 15) is 15.3 Å². The Labute approximate surface area is 202 Å². The molecule has 5 aliphatic rings. The minimum absolute atomic E-state index is 0.0609. The Balaban J connectivity index is 1.40. The second kappa shape index (κ2) is 7.56. The molecular weight excluding hydrogens is 408 g/mol. The maximum Gasteiger partial charge on any atom is 0.0639 e. The number of hydrogen-bond donors (Lipinski definition) is 3. The van der Waals surface area contributed by atoms with E-state index in [0.29, 0.717) is 45.8 Å². The van der Waals surface area contributed by atoms with Crippen molar-refractivity contribution in [1.29, 1.82) is 0 Å². The summed E-state index contributed by atoms with van der Waals surface area (Å²) in [6, 6.07) is 0. The molecule has 0 aromatic heterocycles. The van der Waals surface area contributed by atoms with Gasteiger partial charge in [0.1, 0.15) is 0 Å². The summed E-state index contributed by atoms with van der Waals surface area (Å²) in [5.41, 5.74) is 2.72. The second-order valence-corrected chi connectivity index (χ2v) is 14.4. The van der Waals surface area contributed by atoms with Gasteiger partial charge in [-0.3, -0.25) is 0 Å². The lowest BCUT2D eigenvalue weighted by Gasteiger charge is -2.63. The molecule has 0 amide bonds. The van der Waals surface area contributed by atoms with Gasteiger partial charge < -0.3 is 15.3 Å². The molecule has 188 valence electrons. The molecule has 3 N–H and O–H groups in total. The highest BCUT2D eigenvalue weighted by Gasteiger charge is 2.82. The molecule has 0 aromatic carbocycles. The van der Waals surface area contributed by atoms with Gasteiger partial charge in [0, 0.05) is 0 Å². The number of hydrogen-bond acceptors (Lipinski definition) is 3. The highest BCUT2D eigenvalue weighted by atomic mass is 16.3. The fourth-order valence-electron chi connectivity index (χ4n) is 11.1. The third-order valence-electron chi connectivity index (χ3n) is 13.4. The maximum absolute atomic E-state index is 11.1. The van der Waals surface area contributed by atoms with Crippen LogP contribution in [0.2, 0.25) is 0 Å². The Morgan fingerprint density at radius 3 is 2.27 bits per heavy atom. The molecule has 33 heavy (non-hydrogen) atoms. The largest absolute Gasteiger partial charge is 0.393 e. The van der Waals surface area contributed by atoms with Gasteiger partial charge in [0.15, 0.2) is 0 Å². The van der Waals surface area contributed by atoms with Gasteiger partial charge in [-0.05, 0) is 122 Å². The minimum atomic E-state index is -0.324. The van der Waals surface area contributed by atoms with Gasteiger partial charge in [-0.25, -0.2) is 0 Å². The van der Waals surface area contributed by atoms with Gasteiger partial charge in [-0.15, -0.1) is 0 Å². The summed E-state index contributed by atoms with van der Waals surface area (Å²) in [5, 5.41) is 31.3. The van der Waals surface area contributed by atoms with Crippen molar-refractivity contribution in [3.05, 3.63) is 11.6 Å². The molecule has 0 saturated heterocycles. The van der Waals surface area contributed by atoms with Crippen LogP contribution >= 0.6 is 0 Å². The van der Waals surface area contributed by atoms with Gasteiger partial charge in [0.2, 0.25) is 0 Å². The van der Waals surface area contributed by atoms with Crippen LogP contribution in [0.1, 0.15) is 106 Å². The lowest BCUT2D eigenvalue weighted by Crippen LogP contribution is -2.57. The highest BCUT2D eigenvalue weighted by Crippen LogP contribution is 2.89. The SMILES string of the molecule is CC(=CCC(O)C(C)C1CCC2(C)C3CCC4C(C)(C)C(O)CCC45CC35CCC12C)CO. The smallest absolute Gasteiger partial charge is 0.0639 e. The van der Waals surface area contributed by atoms with E-state index in [4.69, 9.17) is 0 Å². The van der Waals surface area contributed by atoms with Crippen LogP contribution in [0, 0.1) is 50.7 Å². The molecule has 5 fully saturated rings. The molecule has 5 aliphatic carbocycles. The average molecular weight is 459 g/mol. The van der Waals surface area contributed by atoms with Crippen LogP contribution in [0.4, 0.5) is 0 Å². The van der Waals surface area contributed by atoms with Crippen LogP contribution < -0.4 is 0 Å². The van der Waals surface area contributed by atoms with Crippen molar-refractivity contribution in [3.8, 4) is 0 Å². The summed E-state index contributed by atoms with van der Waals surface area (Å²) in [7, 11) is 0. The Morgan fingerprint density at radius 1 is 0.909 bits per heavy atom. The fraction of sp³-hybridized carbons (Fsp3) is 0.933. The monoisotopic (exact) mass is 458 g/mol. The Morgan fingerprint density at radius 2 is 1.58 bits per heavy atom. The molecule has 3 nitrogen and oxygen atoms in total. The van der Waals surface area contributed by atoms with E-state index >= 15 is 0 Å². The van der Waals surface area contributed by atoms with E-state index in [1.165, 1.54) is 51.4 Å². The standard InChI is InChI=1S/C30H50O3/c1-19(17-31)7-8-22(32)20(2)21-11-13-28(6)24-10-9-23-26(3,4)25(33)12-14-29(23)18-30(24,29)16-15-27(21,28)5/h7,20-25,31-33H,8-18H2,1-6H3. The van der Waals surface area contributed by atoms with Crippen LogP contribution in [0.15, 0.2) is 11.6 Å². The third kappa shape index (κ3) is 2.97. The molecule has 0 aromatic rings. The van der Waals surface area contributed by atoms with Gasteiger partial charge in [0.25, 0.3) is 0 Å². The summed E-state index contributed by atoms with van der Waals surface area (Å²) < 4.78 is 0. The normalized spacial score (nSPS) is 52.2. The first-order valence-corrected chi connectivity index (χ1v) is 14.0. The van der Waals surface area contributed by atoms with Crippen LogP contribution in [0.3, 0.4) is 0 Å². The van der Waals surface area contributed by atoms with Crippen LogP contribution in [0.5, 0.6) is 0 Å². The van der Waals surface area contributed by atoms with Crippen molar-refractivity contribution in [2.75, 3.05) is 6.61 Å². The topological polar surface area (TPSA) is 60.7 Å². The summed E-state index contributed by atoms with van der Waals surface area (Å²) in [6.45, 7) is 14.3. The number of rotatable bonds is 5. The van der Waals surface area contributed by atoms with Crippen molar-refractivity contribution in [3.63, 3.8) is 0 Å². The van der Waals surface area contributed by atoms with Crippen molar-refractivity contribution < 1.29 is 15.3 Å². The van der Waals surface area contributed by atoms with Crippen LogP contribution in [0.25, 0.3) is 0 Å². The number of fused-ring (bicyclic) bond motifs is 2. The molecule has 10 unspecified atom stereocenters. The quantitative estimate of drug-likeness (QED) is 0.435. The van der Waals surface area contributed by atoms with E-state index in [-0.39, 0.29) is 24.2 Å². The van der Waals surface area contributed by atoms with Crippen LogP contribution in [-0.2, 0) is 0 Å². The maximum atomic E-state index is 11.1. The first-order chi connectivity index (χ1) is 15.4. The Kier molecular flexibility index (Phi) is 5.57. The van der Waals surface area contributed by atoms with E-state index in [2.05, 4.69) is 34.6 Å². The van der Waals surface area contributed by atoms with E-state index in [1.54, 1.807) is 0 Å². The lowest BCUT2D eigenvalue weighted by atomic mass is 9.41. The predicted molar refractivity (Wildman–Crippen MR) is 134 cm³/mol. The van der Waals surface area contributed by atoms with Crippen molar-refractivity contribution >= 4 is 0 Å². The molecular formula is C30H50O3. The van der Waals surface area contributed by atoms with Crippen molar-refractivity contribution in [1.82, 2.24) is 0 Å².